The maximum atomic E-state index is 13.4. The zero-order valence-corrected chi connectivity index (χ0v) is 34.3. The van der Waals surface area contributed by atoms with Crippen molar-refractivity contribution in [3.8, 4) is 0 Å². The van der Waals surface area contributed by atoms with E-state index in [2.05, 4.69) is 42.5 Å². The van der Waals surface area contributed by atoms with Crippen LogP contribution in [0.3, 0.4) is 0 Å². The van der Waals surface area contributed by atoms with Gasteiger partial charge in [-0.15, -0.1) is 0 Å². The third kappa shape index (κ3) is 7.21. The van der Waals surface area contributed by atoms with Gasteiger partial charge in [0.2, 0.25) is 11.8 Å². The number of carbonyl (C=O) groups excluding carboxylic acids is 6. The second kappa shape index (κ2) is 15.4. The number of urea groups is 1. The van der Waals surface area contributed by atoms with Crippen molar-refractivity contribution < 1.29 is 30.2 Å². The number of carbonyl (C=O) groups is 6. The zero-order chi connectivity index (χ0) is 42.1. The number of benzene rings is 2. The standard InChI is InChI=1S/C44H51N11O6.H2/c1-50-17-18-54(44(50)61)29-3-2-14-52(21-29)36-20-46-38(39(45)57)40(48-36)47-27-6-4-25(5-7-27)26-12-15-51(16-13-26)22-32-33-23-53(24-34(32)33)28-8-9-30-31(19-28)43(60)55(42(30)59)35-10-11-37(56)49-41(35)58;/h4-9,19-20,26,29,32-35H,2-3,10-18,21-24H2,1H3,(H2,45,57)(H,47,48)(H,49,56,58);1H/t29-,32?,33-,34+,35?;/m1./s1. The summed E-state index contributed by atoms with van der Waals surface area (Å²) in [4.78, 5) is 96.7. The molecular weight excluding hydrogens is 779 g/mol. The molecule has 10 rings (SSSR count). The van der Waals surface area contributed by atoms with Gasteiger partial charge in [0.1, 0.15) is 11.9 Å². The van der Waals surface area contributed by atoms with E-state index in [-0.39, 0.29) is 37.9 Å². The number of likely N-dealkylation sites (N-methyl/N-ethyl adjacent to an activating group) is 1. The Morgan fingerprint density at radius 1 is 0.869 bits per heavy atom. The molecule has 61 heavy (non-hydrogen) atoms. The fourth-order valence-corrected chi connectivity index (χ4v) is 10.7. The van der Waals surface area contributed by atoms with Crippen LogP contribution in [0.25, 0.3) is 0 Å². The Bertz CT molecular complexity index is 2310. The summed E-state index contributed by atoms with van der Waals surface area (Å²) in [6.45, 7) is 7.89. The van der Waals surface area contributed by atoms with Crippen LogP contribution >= 0.6 is 0 Å². The lowest BCUT2D eigenvalue weighted by Gasteiger charge is -2.37. The van der Waals surface area contributed by atoms with Crippen molar-refractivity contribution in [1.82, 2.24) is 34.9 Å². The number of piperidine rings is 4. The number of nitrogens with zero attached hydrogens (tertiary/aromatic N) is 8. The topological polar surface area (TPSA) is 198 Å². The van der Waals surface area contributed by atoms with Crippen molar-refractivity contribution in [2.75, 3.05) is 81.1 Å². The first-order chi connectivity index (χ1) is 29.5. The molecule has 7 aliphatic rings. The molecule has 0 bridgehead atoms. The number of primary amides is 1. The van der Waals surface area contributed by atoms with Gasteiger partial charge in [-0.1, -0.05) is 12.1 Å². The Hall–Kier alpha value is -6.10. The van der Waals surface area contributed by atoms with E-state index < -0.39 is 29.7 Å². The van der Waals surface area contributed by atoms with Crippen molar-refractivity contribution >= 4 is 58.6 Å². The zero-order valence-electron chi connectivity index (χ0n) is 34.3. The predicted octanol–water partition coefficient (Wildman–Crippen LogP) is 2.86. The highest BCUT2D eigenvalue weighted by atomic mass is 16.2. The van der Waals surface area contributed by atoms with Gasteiger partial charge in [-0.2, -0.15) is 0 Å². The molecule has 5 atom stereocenters. The number of hydrogen-bond acceptors (Lipinski definition) is 12. The van der Waals surface area contributed by atoms with E-state index in [4.69, 9.17) is 10.7 Å². The van der Waals surface area contributed by atoms with Gasteiger partial charge in [-0.25, -0.2) is 14.8 Å². The van der Waals surface area contributed by atoms with E-state index in [0.717, 1.165) is 94.3 Å². The maximum Gasteiger partial charge on any atom is 0.320 e. The van der Waals surface area contributed by atoms with Crippen LogP contribution in [-0.4, -0.2) is 143 Å². The van der Waals surface area contributed by atoms with Crippen LogP contribution in [0, 0.1) is 17.8 Å². The molecule has 4 N–H and O–H groups in total. The second-order valence-corrected chi connectivity index (χ2v) is 17.8. The molecule has 6 aliphatic heterocycles. The molecule has 5 saturated heterocycles. The smallest absolute Gasteiger partial charge is 0.320 e. The fourth-order valence-electron chi connectivity index (χ4n) is 10.7. The number of nitrogens with two attached hydrogens (primary N) is 1. The molecule has 7 amide bonds. The molecule has 1 aliphatic carbocycles. The number of fused-ring (bicyclic) bond motifs is 2. The van der Waals surface area contributed by atoms with E-state index in [0.29, 0.717) is 53.0 Å². The average molecular weight is 832 g/mol. The summed E-state index contributed by atoms with van der Waals surface area (Å²) in [5, 5.41) is 5.56. The lowest BCUT2D eigenvalue weighted by atomic mass is 9.89. The highest BCUT2D eigenvalue weighted by Crippen LogP contribution is 2.53. The number of nitrogens with one attached hydrogen (secondary N) is 2. The second-order valence-electron chi connectivity index (χ2n) is 17.8. The van der Waals surface area contributed by atoms with Crippen LogP contribution in [0.1, 0.15) is 82.6 Å². The minimum Gasteiger partial charge on any atom is -0.371 e. The van der Waals surface area contributed by atoms with Crippen LogP contribution in [-0.2, 0) is 9.59 Å². The van der Waals surface area contributed by atoms with E-state index in [1.165, 1.54) is 5.56 Å². The van der Waals surface area contributed by atoms with Crippen molar-refractivity contribution in [2.24, 2.45) is 23.5 Å². The third-order valence-corrected chi connectivity index (χ3v) is 14.3. The van der Waals surface area contributed by atoms with E-state index in [9.17, 15) is 28.8 Å². The van der Waals surface area contributed by atoms with Crippen LogP contribution in [0.2, 0.25) is 0 Å². The molecule has 1 saturated carbocycles. The molecule has 6 fully saturated rings. The van der Waals surface area contributed by atoms with Crippen molar-refractivity contribution in [3.05, 3.63) is 71.0 Å². The number of rotatable bonds is 10. The number of aromatic nitrogens is 2. The molecule has 7 heterocycles. The van der Waals surface area contributed by atoms with E-state index in [1.807, 2.05) is 30.1 Å². The number of imide groups is 2. The Kier molecular flexibility index (Phi) is 9.87. The van der Waals surface area contributed by atoms with Crippen molar-refractivity contribution in [2.45, 2.75) is 56.5 Å². The fraction of sp³-hybridized carbons (Fsp3) is 0.500. The largest absolute Gasteiger partial charge is 0.371 e. The molecule has 17 heteroatoms. The lowest BCUT2D eigenvalue weighted by Crippen LogP contribution is -2.54. The molecule has 320 valence electrons. The molecular formula is C44H53N11O6. The minimum absolute atomic E-state index is 0. The molecule has 3 aromatic rings. The van der Waals surface area contributed by atoms with Crippen LogP contribution < -0.4 is 26.2 Å². The highest BCUT2D eigenvalue weighted by molar-refractivity contribution is 6.23. The van der Waals surface area contributed by atoms with Crippen LogP contribution in [0.4, 0.5) is 27.8 Å². The van der Waals surface area contributed by atoms with Crippen LogP contribution in [0.5, 0.6) is 0 Å². The quantitative estimate of drug-likeness (QED) is 0.253. The molecule has 0 radical (unpaired) electrons. The van der Waals surface area contributed by atoms with E-state index in [1.54, 1.807) is 23.2 Å². The van der Waals surface area contributed by atoms with Crippen molar-refractivity contribution in [1.29, 1.82) is 0 Å². The van der Waals surface area contributed by atoms with Gasteiger partial charge in [0.05, 0.1) is 23.4 Å². The van der Waals surface area contributed by atoms with Gasteiger partial charge in [0.15, 0.2) is 11.5 Å². The normalized spacial score (nSPS) is 26.9. The Labute approximate surface area is 355 Å². The Balaban J connectivity index is 0.00000490. The number of likely N-dealkylation sites (tertiary alicyclic amines) is 1. The molecule has 17 nitrogen and oxygen atoms in total. The van der Waals surface area contributed by atoms with Gasteiger partial charge in [0.25, 0.3) is 17.7 Å². The lowest BCUT2D eigenvalue weighted by molar-refractivity contribution is -0.136. The van der Waals surface area contributed by atoms with Gasteiger partial charge in [-0.05, 0) is 105 Å². The first kappa shape index (κ1) is 39.1. The van der Waals surface area contributed by atoms with Crippen LogP contribution in [0.15, 0.2) is 48.7 Å². The van der Waals surface area contributed by atoms with Gasteiger partial charge in [0, 0.05) is 72.1 Å². The van der Waals surface area contributed by atoms with Gasteiger partial charge < -0.3 is 35.6 Å². The summed E-state index contributed by atoms with van der Waals surface area (Å²) >= 11 is 0. The molecule has 0 spiro atoms. The van der Waals surface area contributed by atoms with Gasteiger partial charge in [-0.3, -0.25) is 34.2 Å². The highest BCUT2D eigenvalue weighted by Gasteiger charge is 2.56. The summed E-state index contributed by atoms with van der Waals surface area (Å²) in [7, 11) is 1.83. The molecule has 2 unspecified atom stereocenters. The number of amides is 7. The molecule has 2 aromatic carbocycles. The average Bonchev–Trinajstić information content (AvgIpc) is 3.50. The maximum absolute atomic E-state index is 13.4. The predicted molar refractivity (Wildman–Crippen MR) is 227 cm³/mol. The van der Waals surface area contributed by atoms with Crippen molar-refractivity contribution in [3.63, 3.8) is 0 Å². The summed E-state index contributed by atoms with van der Waals surface area (Å²) in [6, 6.07) is 12.9. The minimum atomic E-state index is -0.968. The first-order valence-corrected chi connectivity index (χ1v) is 21.6. The number of anilines is 4. The van der Waals surface area contributed by atoms with Gasteiger partial charge >= 0.3 is 6.03 Å². The summed E-state index contributed by atoms with van der Waals surface area (Å²) < 4.78 is 0. The summed E-state index contributed by atoms with van der Waals surface area (Å²) in [5.74, 6) is 0.665. The number of hydrogen-bond donors (Lipinski definition) is 3. The Morgan fingerprint density at radius 2 is 1.62 bits per heavy atom. The van der Waals surface area contributed by atoms with E-state index >= 15 is 0 Å². The third-order valence-electron chi connectivity index (χ3n) is 14.3. The Morgan fingerprint density at radius 3 is 2.33 bits per heavy atom. The summed E-state index contributed by atoms with van der Waals surface area (Å²) in [6.07, 6.45) is 5.84. The first-order valence-electron chi connectivity index (χ1n) is 21.6. The summed E-state index contributed by atoms with van der Waals surface area (Å²) in [5.41, 5.74) is 9.43. The SMILES string of the molecule is CN1CCN([C@@H]2CCCN(c3cnc(C(N)=O)c(Nc4ccc(C5CCN(CC6[C@H]7CN(c8ccc9c(c8)C(=O)N(C8CCC(=O)NC8=O)C9=O)C[C@@H]67)CC5)cc4)n3)C2)C1=O.[HH]. The molecule has 1 aromatic heterocycles. The monoisotopic (exact) mass is 831 g/mol.